The summed E-state index contributed by atoms with van der Waals surface area (Å²) in [7, 11) is 0. The molecule has 0 saturated heterocycles. The maximum absolute atomic E-state index is 13.0. The van der Waals surface area contributed by atoms with Crippen LogP contribution in [0.2, 0.25) is 0 Å². The number of fused-ring (bicyclic) bond motifs is 1. The fourth-order valence-electron chi connectivity index (χ4n) is 2.70. The first-order valence-corrected chi connectivity index (χ1v) is 8.14. The first-order chi connectivity index (χ1) is 12.6. The number of nitrogens with zero attached hydrogens (tertiary/aromatic N) is 2. The van der Waals surface area contributed by atoms with E-state index in [9.17, 15) is 14.8 Å². The highest BCUT2D eigenvalue weighted by molar-refractivity contribution is 5.91. The van der Waals surface area contributed by atoms with Gasteiger partial charge in [-0.05, 0) is 48.7 Å². The van der Waals surface area contributed by atoms with Crippen molar-refractivity contribution in [2.75, 3.05) is 6.61 Å². The summed E-state index contributed by atoms with van der Waals surface area (Å²) in [5, 5.41) is 20.5. The second-order valence-corrected chi connectivity index (χ2v) is 5.76. The highest BCUT2D eigenvalue weighted by Crippen LogP contribution is 2.31. The van der Waals surface area contributed by atoms with Gasteiger partial charge in [-0.3, -0.25) is 4.98 Å². The minimum Gasteiger partial charge on any atom is -0.505 e. The molecule has 0 aliphatic rings. The van der Waals surface area contributed by atoms with E-state index in [-0.39, 0.29) is 18.2 Å². The Labute approximate surface area is 150 Å². The maximum atomic E-state index is 13.0. The Kier molecular flexibility index (Phi) is 5.42. The normalized spacial score (nSPS) is 10.8. The molecule has 5 nitrogen and oxygen atoms in total. The number of benzene rings is 2. The zero-order valence-electron chi connectivity index (χ0n) is 14.2. The van der Waals surface area contributed by atoms with Crippen molar-refractivity contribution in [1.29, 1.82) is 5.26 Å². The molecule has 3 rings (SSSR count). The number of phenols is 1. The molecule has 0 aliphatic heterocycles. The van der Waals surface area contributed by atoms with Crippen LogP contribution >= 0.6 is 0 Å². The van der Waals surface area contributed by atoms with Crippen molar-refractivity contribution in [3.8, 4) is 11.8 Å². The number of phenolic OH excluding ortho intramolecular Hbond substituents is 1. The zero-order valence-corrected chi connectivity index (χ0v) is 14.2. The molecule has 2 aromatic carbocycles. The standard InChI is InChI=1S/C20H17FN2O3/c1-2-25-26-12-16-9-15(10-22)18-8-14(11-23-19(18)20(16)24)7-13-3-5-17(21)6-4-13/h3-6,8-9,11,24H,2,7,12H2,1H3. The minimum absolute atomic E-state index is 0.0172. The van der Waals surface area contributed by atoms with Gasteiger partial charge in [0, 0.05) is 17.1 Å². The molecule has 3 aromatic rings. The second-order valence-electron chi connectivity index (χ2n) is 5.76. The number of hydrogen-bond donors (Lipinski definition) is 1. The van der Waals surface area contributed by atoms with Gasteiger partial charge in [0.15, 0.2) is 0 Å². The van der Waals surface area contributed by atoms with E-state index >= 15 is 0 Å². The summed E-state index contributed by atoms with van der Waals surface area (Å²) in [5.41, 5.74) is 2.94. The van der Waals surface area contributed by atoms with Crippen LogP contribution in [0, 0.1) is 17.1 Å². The number of aromatic nitrogens is 1. The average molecular weight is 352 g/mol. The molecule has 0 fully saturated rings. The quantitative estimate of drug-likeness (QED) is 0.412. The van der Waals surface area contributed by atoms with Crippen molar-refractivity contribution in [3.05, 3.63) is 70.7 Å². The third kappa shape index (κ3) is 3.80. The molecule has 1 aromatic heterocycles. The molecule has 0 unspecified atom stereocenters. The monoisotopic (exact) mass is 352 g/mol. The molecular weight excluding hydrogens is 335 g/mol. The van der Waals surface area contributed by atoms with E-state index < -0.39 is 0 Å². The Morgan fingerprint density at radius 1 is 1.15 bits per heavy atom. The van der Waals surface area contributed by atoms with Crippen molar-refractivity contribution >= 4 is 10.9 Å². The van der Waals surface area contributed by atoms with Gasteiger partial charge in [0.05, 0.1) is 18.2 Å². The van der Waals surface area contributed by atoms with Crippen LogP contribution in [-0.4, -0.2) is 16.7 Å². The van der Waals surface area contributed by atoms with Crippen LogP contribution in [0.1, 0.15) is 29.2 Å². The number of nitriles is 1. The van der Waals surface area contributed by atoms with Gasteiger partial charge in [0.25, 0.3) is 0 Å². The zero-order chi connectivity index (χ0) is 18.5. The van der Waals surface area contributed by atoms with E-state index in [1.54, 1.807) is 31.3 Å². The van der Waals surface area contributed by atoms with Crippen LogP contribution in [-0.2, 0) is 22.8 Å². The summed E-state index contributed by atoms with van der Waals surface area (Å²) in [4.78, 5) is 14.1. The Hall–Kier alpha value is -3.01. The van der Waals surface area contributed by atoms with Crippen molar-refractivity contribution < 1.29 is 19.3 Å². The first-order valence-electron chi connectivity index (χ1n) is 8.14. The average Bonchev–Trinajstić information content (AvgIpc) is 2.65. The van der Waals surface area contributed by atoms with Gasteiger partial charge in [-0.15, -0.1) is 0 Å². The fourth-order valence-corrected chi connectivity index (χ4v) is 2.70. The summed E-state index contributed by atoms with van der Waals surface area (Å²) >= 11 is 0. The Morgan fingerprint density at radius 2 is 1.92 bits per heavy atom. The fraction of sp³-hybridized carbons (Fsp3) is 0.200. The van der Waals surface area contributed by atoms with Gasteiger partial charge in [0.1, 0.15) is 23.7 Å². The van der Waals surface area contributed by atoms with Crippen LogP contribution in [0.5, 0.6) is 5.75 Å². The molecule has 0 amide bonds. The van der Waals surface area contributed by atoms with E-state index in [0.717, 1.165) is 11.1 Å². The summed E-state index contributed by atoms with van der Waals surface area (Å²) in [6.45, 7) is 2.18. The van der Waals surface area contributed by atoms with E-state index in [2.05, 4.69) is 11.1 Å². The Morgan fingerprint density at radius 3 is 2.62 bits per heavy atom. The third-order valence-corrected chi connectivity index (χ3v) is 3.94. The van der Waals surface area contributed by atoms with Gasteiger partial charge in [-0.1, -0.05) is 12.1 Å². The Balaban J connectivity index is 1.97. The van der Waals surface area contributed by atoms with Crippen molar-refractivity contribution in [3.63, 3.8) is 0 Å². The van der Waals surface area contributed by atoms with Gasteiger partial charge in [-0.25, -0.2) is 14.2 Å². The van der Waals surface area contributed by atoms with Crippen LogP contribution < -0.4 is 0 Å². The second kappa shape index (κ2) is 7.91. The van der Waals surface area contributed by atoms with Gasteiger partial charge >= 0.3 is 0 Å². The highest BCUT2D eigenvalue weighted by atomic mass is 19.1. The molecular formula is C20H17FN2O3. The van der Waals surface area contributed by atoms with E-state index in [1.165, 1.54) is 12.1 Å². The summed E-state index contributed by atoms with van der Waals surface area (Å²) in [6.07, 6.45) is 2.18. The topological polar surface area (TPSA) is 75.4 Å². The van der Waals surface area contributed by atoms with Crippen LogP contribution in [0.3, 0.4) is 0 Å². The molecule has 0 bridgehead atoms. The number of rotatable bonds is 6. The SMILES string of the molecule is CCOOCc1cc(C#N)c2cc(Cc3ccc(F)cc3)cnc2c1O. The molecule has 6 heteroatoms. The lowest BCUT2D eigenvalue weighted by atomic mass is 10.00. The molecule has 1 N–H and O–H groups in total. The van der Waals surface area contributed by atoms with Crippen molar-refractivity contribution in [1.82, 2.24) is 4.98 Å². The molecule has 26 heavy (non-hydrogen) atoms. The summed E-state index contributed by atoms with van der Waals surface area (Å²) in [6, 6.07) is 11.7. The van der Waals surface area contributed by atoms with E-state index in [1.807, 2.05) is 6.07 Å². The Bertz CT molecular complexity index is 965. The van der Waals surface area contributed by atoms with Crippen LogP contribution in [0.25, 0.3) is 10.9 Å². The number of halogens is 1. The third-order valence-electron chi connectivity index (χ3n) is 3.94. The highest BCUT2D eigenvalue weighted by Gasteiger charge is 2.14. The predicted molar refractivity (Wildman–Crippen MR) is 93.7 cm³/mol. The van der Waals surface area contributed by atoms with E-state index in [0.29, 0.717) is 35.1 Å². The molecule has 0 atom stereocenters. The maximum Gasteiger partial charge on any atom is 0.147 e. The number of hydrogen-bond acceptors (Lipinski definition) is 5. The van der Waals surface area contributed by atoms with Crippen LogP contribution in [0.4, 0.5) is 4.39 Å². The lowest BCUT2D eigenvalue weighted by Crippen LogP contribution is -1.98. The number of aromatic hydroxyl groups is 1. The first kappa shape index (κ1) is 17.8. The molecule has 132 valence electrons. The lowest BCUT2D eigenvalue weighted by molar-refractivity contribution is -0.300. The van der Waals surface area contributed by atoms with Crippen LogP contribution in [0.15, 0.2) is 42.6 Å². The predicted octanol–water partition coefficient (Wildman–Crippen LogP) is 4.01. The molecule has 0 saturated carbocycles. The molecule has 1 heterocycles. The van der Waals surface area contributed by atoms with Crippen molar-refractivity contribution in [2.45, 2.75) is 20.0 Å². The van der Waals surface area contributed by atoms with Gasteiger partial charge in [-0.2, -0.15) is 5.26 Å². The smallest absolute Gasteiger partial charge is 0.147 e. The molecule has 0 aliphatic carbocycles. The van der Waals surface area contributed by atoms with Gasteiger partial charge in [0.2, 0.25) is 0 Å². The largest absolute Gasteiger partial charge is 0.505 e. The van der Waals surface area contributed by atoms with Crippen molar-refractivity contribution in [2.24, 2.45) is 0 Å². The summed E-state index contributed by atoms with van der Waals surface area (Å²) < 4.78 is 13.0. The summed E-state index contributed by atoms with van der Waals surface area (Å²) in [5.74, 6) is -0.323. The van der Waals surface area contributed by atoms with Gasteiger partial charge < -0.3 is 5.11 Å². The number of pyridine rings is 1. The molecule has 0 spiro atoms. The van der Waals surface area contributed by atoms with E-state index in [4.69, 9.17) is 9.78 Å². The minimum atomic E-state index is -0.288. The molecule has 0 radical (unpaired) electrons. The lowest BCUT2D eigenvalue weighted by Gasteiger charge is -2.10.